The lowest BCUT2D eigenvalue weighted by molar-refractivity contribution is -0.385. The van der Waals surface area contributed by atoms with Crippen molar-refractivity contribution < 1.29 is 9.31 Å². The minimum atomic E-state index is -0.468. The molecule has 0 aromatic heterocycles. The molecule has 2 bridgehead atoms. The van der Waals surface area contributed by atoms with Crippen LogP contribution < -0.4 is 5.73 Å². The van der Waals surface area contributed by atoms with Gasteiger partial charge in [0, 0.05) is 28.8 Å². The monoisotopic (exact) mass is 326 g/mol. The molecule has 2 aromatic carbocycles. The first-order valence-corrected chi connectivity index (χ1v) is 8.34. The number of nitrogen functional groups attached to an aromatic ring is 1. The molecule has 0 amide bonds. The molecule has 24 heavy (non-hydrogen) atoms. The Hall–Kier alpha value is -2.43. The van der Waals surface area contributed by atoms with E-state index in [1.807, 2.05) is 24.3 Å². The van der Waals surface area contributed by atoms with Crippen LogP contribution in [0.25, 0.3) is 0 Å². The van der Waals surface area contributed by atoms with Crippen molar-refractivity contribution in [2.45, 2.75) is 31.1 Å². The SMILES string of the molecule is Nc1ccc(C2(c3cc([N+](=O)[O-])ccc3F)C3CCC2CC3)cc1. The molecule has 0 spiro atoms. The van der Waals surface area contributed by atoms with E-state index in [0.29, 0.717) is 23.1 Å². The number of hydrogen-bond donors (Lipinski definition) is 1. The first-order valence-electron chi connectivity index (χ1n) is 8.34. The van der Waals surface area contributed by atoms with Gasteiger partial charge in [-0.25, -0.2) is 4.39 Å². The van der Waals surface area contributed by atoms with Crippen LogP contribution in [0, 0.1) is 27.8 Å². The van der Waals surface area contributed by atoms with Crippen LogP contribution >= 0.6 is 0 Å². The Bertz CT molecular complexity index is 784. The maximum Gasteiger partial charge on any atom is 0.269 e. The highest BCUT2D eigenvalue weighted by Crippen LogP contribution is 2.62. The van der Waals surface area contributed by atoms with Gasteiger partial charge in [-0.15, -0.1) is 0 Å². The van der Waals surface area contributed by atoms with Crippen LogP contribution in [-0.4, -0.2) is 4.92 Å². The third-order valence-corrected chi connectivity index (χ3v) is 6.01. The van der Waals surface area contributed by atoms with Crippen LogP contribution in [0.3, 0.4) is 0 Å². The van der Waals surface area contributed by atoms with E-state index < -0.39 is 10.3 Å². The number of fused-ring (bicyclic) bond motifs is 2. The van der Waals surface area contributed by atoms with E-state index in [1.165, 1.54) is 18.2 Å². The second-order valence-electron chi connectivity index (χ2n) is 6.96. The second kappa shape index (κ2) is 5.30. The molecule has 2 saturated carbocycles. The lowest BCUT2D eigenvalue weighted by atomic mass is 9.66. The number of nitro groups is 1. The normalized spacial score (nSPS) is 28.2. The molecule has 0 heterocycles. The number of nitrogens with two attached hydrogens (primary N) is 1. The molecule has 5 heteroatoms. The molecule has 0 aliphatic heterocycles. The molecule has 0 saturated heterocycles. The zero-order chi connectivity index (χ0) is 16.9. The van der Waals surface area contributed by atoms with Gasteiger partial charge in [0.25, 0.3) is 5.69 Å². The number of anilines is 1. The summed E-state index contributed by atoms with van der Waals surface area (Å²) in [5.41, 5.74) is 7.48. The second-order valence-corrected chi connectivity index (χ2v) is 6.96. The molecule has 2 aliphatic rings. The maximum atomic E-state index is 14.8. The van der Waals surface area contributed by atoms with Gasteiger partial charge in [-0.05, 0) is 61.3 Å². The number of non-ortho nitro benzene ring substituents is 1. The van der Waals surface area contributed by atoms with E-state index in [2.05, 4.69) is 0 Å². The lowest BCUT2D eigenvalue weighted by Crippen LogP contribution is -2.34. The van der Waals surface area contributed by atoms with Gasteiger partial charge in [0.2, 0.25) is 0 Å². The fraction of sp³-hybridized carbons (Fsp3) is 0.368. The maximum absolute atomic E-state index is 14.8. The summed E-state index contributed by atoms with van der Waals surface area (Å²) in [5, 5.41) is 11.2. The van der Waals surface area contributed by atoms with E-state index in [1.54, 1.807) is 0 Å². The van der Waals surface area contributed by atoms with Crippen molar-refractivity contribution in [1.82, 2.24) is 0 Å². The van der Waals surface area contributed by atoms with Crippen LogP contribution in [0.15, 0.2) is 42.5 Å². The zero-order valence-electron chi connectivity index (χ0n) is 13.2. The molecule has 0 atom stereocenters. The van der Waals surface area contributed by atoms with Crippen molar-refractivity contribution in [3.8, 4) is 0 Å². The molecule has 2 fully saturated rings. The summed E-state index contributed by atoms with van der Waals surface area (Å²) in [4.78, 5) is 10.8. The van der Waals surface area contributed by atoms with Gasteiger partial charge in [-0.1, -0.05) is 12.1 Å². The number of rotatable bonds is 3. The predicted octanol–water partition coefficient (Wildman–Crippen LogP) is 4.42. The smallest absolute Gasteiger partial charge is 0.269 e. The molecule has 2 aliphatic carbocycles. The largest absolute Gasteiger partial charge is 0.399 e. The Balaban J connectivity index is 1.97. The minimum absolute atomic E-state index is 0.0486. The topological polar surface area (TPSA) is 69.2 Å². The van der Waals surface area contributed by atoms with Crippen LogP contribution in [-0.2, 0) is 5.41 Å². The third-order valence-electron chi connectivity index (χ3n) is 6.01. The molecular weight excluding hydrogens is 307 g/mol. The summed E-state index contributed by atoms with van der Waals surface area (Å²) in [6.07, 6.45) is 4.16. The molecular formula is C19H19FN2O2. The van der Waals surface area contributed by atoms with Crippen molar-refractivity contribution in [2.75, 3.05) is 5.73 Å². The van der Waals surface area contributed by atoms with Crippen LogP contribution in [0.1, 0.15) is 36.8 Å². The van der Waals surface area contributed by atoms with Gasteiger partial charge >= 0.3 is 0 Å². The molecule has 4 rings (SSSR count). The minimum Gasteiger partial charge on any atom is -0.399 e. The van der Waals surface area contributed by atoms with Crippen molar-refractivity contribution in [3.05, 3.63) is 69.5 Å². The highest BCUT2D eigenvalue weighted by Gasteiger charge is 2.57. The summed E-state index contributed by atoms with van der Waals surface area (Å²) in [7, 11) is 0. The molecule has 4 nitrogen and oxygen atoms in total. The van der Waals surface area contributed by atoms with E-state index in [9.17, 15) is 14.5 Å². The Kier molecular flexibility index (Phi) is 3.34. The van der Waals surface area contributed by atoms with E-state index >= 15 is 0 Å². The number of benzene rings is 2. The Morgan fingerprint density at radius 2 is 1.62 bits per heavy atom. The fourth-order valence-electron chi connectivity index (χ4n) is 5.11. The Morgan fingerprint density at radius 1 is 1.04 bits per heavy atom. The highest BCUT2D eigenvalue weighted by molar-refractivity contribution is 5.51. The summed E-state index contributed by atoms with van der Waals surface area (Å²) >= 11 is 0. The van der Waals surface area contributed by atoms with E-state index in [4.69, 9.17) is 5.73 Å². The third kappa shape index (κ3) is 1.97. The quantitative estimate of drug-likeness (QED) is 0.515. The average molecular weight is 326 g/mol. The van der Waals surface area contributed by atoms with Gasteiger partial charge in [0.15, 0.2) is 0 Å². The van der Waals surface area contributed by atoms with Crippen molar-refractivity contribution in [2.24, 2.45) is 11.8 Å². The summed E-state index contributed by atoms with van der Waals surface area (Å²) in [6.45, 7) is 0. The fourth-order valence-corrected chi connectivity index (χ4v) is 5.11. The van der Waals surface area contributed by atoms with Crippen molar-refractivity contribution in [3.63, 3.8) is 0 Å². The molecule has 124 valence electrons. The number of nitro benzene ring substituents is 1. The predicted molar refractivity (Wildman–Crippen MR) is 90.1 cm³/mol. The standard InChI is InChI=1S/C19H19FN2O2/c20-18-10-9-16(22(23)24)11-17(18)19(12-1-2-13(19)4-3-12)14-5-7-15(21)8-6-14/h5-13H,1-4,21H2. The summed E-state index contributed by atoms with van der Waals surface area (Å²) in [6, 6.07) is 11.5. The van der Waals surface area contributed by atoms with Crippen LogP contribution in [0.5, 0.6) is 0 Å². The molecule has 2 N–H and O–H groups in total. The van der Waals surface area contributed by atoms with Gasteiger partial charge in [0.1, 0.15) is 5.82 Å². The highest BCUT2D eigenvalue weighted by atomic mass is 19.1. The van der Waals surface area contributed by atoms with Crippen molar-refractivity contribution >= 4 is 11.4 Å². The molecule has 0 unspecified atom stereocenters. The zero-order valence-corrected chi connectivity index (χ0v) is 13.2. The Morgan fingerprint density at radius 3 is 2.17 bits per heavy atom. The lowest BCUT2D eigenvalue weighted by Gasteiger charge is -2.36. The number of nitrogens with zero attached hydrogens (tertiary/aromatic N) is 1. The first kappa shape index (κ1) is 15.1. The van der Waals surface area contributed by atoms with Gasteiger partial charge in [0.05, 0.1) is 4.92 Å². The number of halogens is 1. The van der Waals surface area contributed by atoms with E-state index in [0.717, 1.165) is 31.2 Å². The van der Waals surface area contributed by atoms with E-state index in [-0.39, 0.29) is 11.5 Å². The average Bonchev–Trinajstić information content (AvgIpc) is 3.12. The summed E-state index contributed by atoms with van der Waals surface area (Å²) in [5.74, 6) is 0.293. The van der Waals surface area contributed by atoms with Crippen LogP contribution in [0.4, 0.5) is 15.8 Å². The molecule has 2 aromatic rings. The van der Waals surface area contributed by atoms with Crippen LogP contribution in [0.2, 0.25) is 0 Å². The van der Waals surface area contributed by atoms with Crippen molar-refractivity contribution in [1.29, 1.82) is 0 Å². The Labute approximate surface area is 139 Å². The van der Waals surface area contributed by atoms with Gasteiger partial charge in [-0.3, -0.25) is 10.1 Å². The molecule has 0 radical (unpaired) electrons. The van der Waals surface area contributed by atoms with Gasteiger partial charge < -0.3 is 5.73 Å². The first-order chi connectivity index (χ1) is 11.5. The van der Waals surface area contributed by atoms with Gasteiger partial charge in [-0.2, -0.15) is 0 Å². The number of hydrogen-bond acceptors (Lipinski definition) is 3. The summed E-state index contributed by atoms with van der Waals surface area (Å²) < 4.78 is 14.8.